The first-order chi connectivity index (χ1) is 13.7. The van der Waals surface area contributed by atoms with Crippen LogP contribution in [0.1, 0.15) is 34.7 Å². The van der Waals surface area contributed by atoms with Crippen LogP contribution in [0.3, 0.4) is 0 Å². The number of nitrogens with zero attached hydrogens (tertiary/aromatic N) is 2. The van der Waals surface area contributed by atoms with Crippen molar-refractivity contribution in [2.24, 2.45) is 0 Å². The molecule has 1 aliphatic rings. The van der Waals surface area contributed by atoms with Gasteiger partial charge in [-0.1, -0.05) is 66.2 Å². The average Bonchev–Trinajstić information content (AvgIpc) is 3.11. The van der Waals surface area contributed by atoms with Gasteiger partial charge in [-0.05, 0) is 48.1 Å². The molecule has 0 bridgehead atoms. The van der Waals surface area contributed by atoms with Crippen LogP contribution in [-0.4, -0.2) is 15.5 Å². The van der Waals surface area contributed by atoms with E-state index in [0.29, 0.717) is 23.2 Å². The lowest BCUT2D eigenvalue weighted by Gasteiger charge is -2.17. The first-order valence-electron chi connectivity index (χ1n) is 9.55. The van der Waals surface area contributed by atoms with Crippen LogP contribution in [0.5, 0.6) is 0 Å². The van der Waals surface area contributed by atoms with Crippen molar-refractivity contribution in [2.45, 2.75) is 25.2 Å². The number of rotatable bonds is 1. The fraction of sp³-hybridized carbons (Fsp3) is 0.167. The number of carbonyl (C=O) groups excluding carboxylic acids is 1. The molecule has 0 saturated heterocycles. The molecule has 1 aromatic heterocycles. The maximum Gasteiger partial charge on any atom is 0.232 e. The van der Waals surface area contributed by atoms with E-state index in [1.807, 2.05) is 30.3 Å². The molecule has 3 aromatic carbocycles. The Labute approximate surface area is 168 Å². The second kappa shape index (κ2) is 6.92. The molecule has 1 atom stereocenters. The van der Waals surface area contributed by atoms with Crippen LogP contribution in [0.4, 0.5) is 0 Å². The van der Waals surface area contributed by atoms with Crippen LogP contribution in [0.25, 0.3) is 22.4 Å². The first kappa shape index (κ1) is 17.2. The van der Waals surface area contributed by atoms with E-state index in [-0.39, 0.29) is 5.91 Å². The van der Waals surface area contributed by atoms with Gasteiger partial charge in [0.25, 0.3) is 0 Å². The van der Waals surface area contributed by atoms with Crippen molar-refractivity contribution in [3.63, 3.8) is 0 Å². The van der Waals surface area contributed by atoms with Gasteiger partial charge in [-0.2, -0.15) is 0 Å². The van der Waals surface area contributed by atoms with Crippen molar-refractivity contribution in [2.75, 3.05) is 0 Å². The van der Waals surface area contributed by atoms with Gasteiger partial charge in [-0.25, -0.2) is 4.98 Å². The molecule has 3 nitrogen and oxygen atoms in total. The zero-order chi connectivity index (χ0) is 19.1. The second-order valence-electron chi connectivity index (χ2n) is 7.31. The number of hydrogen-bond donors (Lipinski definition) is 0. The Morgan fingerprint density at radius 2 is 1.75 bits per heavy atom. The summed E-state index contributed by atoms with van der Waals surface area (Å²) in [5.41, 5.74) is 5.08. The molecule has 0 aliphatic carbocycles. The van der Waals surface area contributed by atoms with Crippen LogP contribution < -0.4 is 0 Å². The van der Waals surface area contributed by atoms with Gasteiger partial charge in [-0.3, -0.25) is 9.36 Å². The average molecular weight is 387 g/mol. The molecule has 28 heavy (non-hydrogen) atoms. The highest BCUT2D eigenvalue weighted by Gasteiger charge is 2.25. The molecule has 2 heterocycles. The van der Waals surface area contributed by atoms with Crippen LogP contribution in [0.2, 0.25) is 5.02 Å². The highest BCUT2D eigenvalue weighted by atomic mass is 35.5. The van der Waals surface area contributed by atoms with Gasteiger partial charge in [0.1, 0.15) is 5.82 Å². The Morgan fingerprint density at radius 3 is 2.61 bits per heavy atom. The van der Waals surface area contributed by atoms with Crippen LogP contribution in [0, 0.1) is 0 Å². The van der Waals surface area contributed by atoms with Crippen LogP contribution in [-0.2, 0) is 6.42 Å². The van der Waals surface area contributed by atoms with E-state index in [0.717, 1.165) is 29.4 Å². The zero-order valence-electron chi connectivity index (χ0n) is 15.3. The highest BCUT2D eigenvalue weighted by molar-refractivity contribution is 6.31. The monoisotopic (exact) mass is 386 g/mol. The lowest BCUT2D eigenvalue weighted by Crippen LogP contribution is -2.12. The number of hydrogen-bond acceptors (Lipinski definition) is 2. The Hall–Kier alpha value is -2.91. The van der Waals surface area contributed by atoms with Crippen molar-refractivity contribution < 1.29 is 4.79 Å². The quantitative estimate of drug-likeness (QED) is 0.395. The highest BCUT2D eigenvalue weighted by Crippen LogP contribution is 2.35. The summed E-state index contributed by atoms with van der Waals surface area (Å²) < 4.78 is 1.76. The molecule has 5 rings (SSSR count). The number of aromatic nitrogens is 2. The number of benzene rings is 3. The summed E-state index contributed by atoms with van der Waals surface area (Å²) in [5, 5.41) is 0.610. The molecule has 1 aliphatic heterocycles. The van der Waals surface area contributed by atoms with Gasteiger partial charge < -0.3 is 0 Å². The summed E-state index contributed by atoms with van der Waals surface area (Å²) in [6.45, 7) is 0. The van der Waals surface area contributed by atoms with Crippen molar-refractivity contribution in [3.8, 4) is 11.4 Å². The SMILES string of the molecule is O=C1CCC(c2ccccc2)Cc2ccccc2-c2nc3ccc(Cl)cc3n21. The summed E-state index contributed by atoms with van der Waals surface area (Å²) >= 11 is 6.22. The predicted molar refractivity (Wildman–Crippen MR) is 113 cm³/mol. The topological polar surface area (TPSA) is 34.9 Å². The molecule has 0 amide bonds. The van der Waals surface area contributed by atoms with Gasteiger partial charge in [0, 0.05) is 17.0 Å². The molecular formula is C24H19ClN2O. The minimum absolute atomic E-state index is 0.0670. The lowest BCUT2D eigenvalue weighted by atomic mass is 9.87. The van der Waals surface area contributed by atoms with Crippen LogP contribution in [0.15, 0.2) is 72.8 Å². The third-order valence-corrected chi connectivity index (χ3v) is 5.80. The molecule has 138 valence electrons. The molecule has 0 radical (unpaired) electrons. The van der Waals surface area contributed by atoms with E-state index in [2.05, 4.69) is 42.5 Å². The summed E-state index contributed by atoms with van der Waals surface area (Å²) in [7, 11) is 0. The maximum absolute atomic E-state index is 13.3. The minimum atomic E-state index is 0.0670. The summed E-state index contributed by atoms with van der Waals surface area (Å²) in [6.07, 6.45) is 2.16. The molecule has 4 aromatic rings. The normalized spacial score (nSPS) is 16.8. The van der Waals surface area contributed by atoms with E-state index in [1.54, 1.807) is 4.57 Å². The van der Waals surface area contributed by atoms with E-state index in [1.165, 1.54) is 11.1 Å². The standard InChI is InChI=1S/C24H19ClN2O/c25-19-11-12-21-22(15-19)27-23(28)13-10-17(16-6-2-1-3-7-16)14-18-8-4-5-9-20(18)24(27)26-21/h1-9,11-12,15,17H,10,13-14H2. The van der Waals surface area contributed by atoms with E-state index in [4.69, 9.17) is 16.6 Å². The zero-order valence-corrected chi connectivity index (χ0v) is 16.1. The van der Waals surface area contributed by atoms with Gasteiger partial charge in [0.05, 0.1) is 11.0 Å². The van der Waals surface area contributed by atoms with E-state index >= 15 is 0 Å². The predicted octanol–water partition coefficient (Wildman–Crippen LogP) is 6.12. The molecular weight excluding hydrogens is 368 g/mol. The lowest BCUT2D eigenvalue weighted by molar-refractivity contribution is 0.0904. The van der Waals surface area contributed by atoms with Crippen molar-refractivity contribution in [1.82, 2.24) is 9.55 Å². The fourth-order valence-corrected chi connectivity index (χ4v) is 4.35. The number of fused-ring (bicyclic) bond motifs is 5. The second-order valence-corrected chi connectivity index (χ2v) is 7.74. The van der Waals surface area contributed by atoms with Crippen molar-refractivity contribution in [1.29, 1.82) is 0 Å². The van der Waals surface area contributed by atoms with Crippen molar-refractivity contribution >= 4 is 28.5 Å². The van der Waals surface area contributed by atoms with Crippen LogP contribution >= 0.6 is 11.6 Å². The minimum Gasteiger partial charge on any atom is -0.274 e. The summed E-state index contributed by atoms with van der Waals surface area (Å²) in [6, 6.07) is 24.3. The number of imidazole rings is 1. The van der Waals surface area contributed by atoms with E-state index in [9.17, 15) is 4.79 Å². The number of carbonyl (C=O) groups is 1. The maximum atomic E-state index is 13.3. The van der Waals surface area contributed by atoms with Gasteiger partial charge in [-0.15, -0.1) is 0 Å². The fourth-order valence-electron chi connectivity index (χ4n) is 4.18. The van der Waals surface area contributed by atoms with Gasteiger partial charge in [0.15, 0.2) is 0 Å². The molecule has 1 unspecified atom stereocenters. The molecule has 0 N–H and O–H groups in total. The first-order valence-corrected chi connectivity index (χ1v) is 9.93. The van der Waals surface area contributed by atoms with Gasteiger partial charge in [0.2, 0.25) is 5.91 Å². The molecule has 0 fully saturated rings. The molecule has 0 spiro atoms. The largest absolute Gasteiger partial charge is 0.274 e. The Kier molecular flexibility index (Phi) is 4.25. The van der Waals surface area contributed by atoms with Crippen molar-refractivity contribution in [3.05, 3.63) is 88.9 Å². The Bertz CT molecular complexity index is 1180. The summed E-state index contributed by atoms with van der Waals surface area (Å²) in [5.74, 6) is 1.08. The smallest absolute Gasteiger partial charge is 0.232 e. The Morgan fingerprint density at radius 1 is 0.964 bits per heavy atom. The third-order valence-electron chi connectivity index (χ3n) is 5.57. The van der Waals surface area contributed by atoms with E-state index < -0.39 is 0 Å². The molecule has 0 saturated carbocycles. The third kappa shape index (κ3) is 2.92. The Balaban J connectivity index is 1.72. The summed E-state index contributed by atoms with van der Waals surface area (Å²) in [4.78, 5) is 18.1. The van der Waals surface area contributed by atoms with Gasteiger partial charge >= 0.3 is 0 Å². The number of halogens is 1. The molecule has 4 heteroatoms.